The zero-order valence-electron chi connectivity index (χ0n) is 13.3. The van der Waals surface area contributed by atoms with E-state index in [1.165, 1.54) is 6.92 Å². The van der Waals surface area contributed by atoms with Gasteiger partial charge in [0, 0.05) is 27.2 Å². The van der Waals surface area contributed by atoms with Crippen LogP contribution in [0.25, 0.3) is 0 Å². The molecule has 130 valence electrons. The molecular weight excluding hydrogens is 328 g/mol. The van der Waals surface area contributed by atoms with Gasteiger partial charge < -0.3 is 19.0 Å². The standard InChI is InChI=1S/C12H20N2O8Si/c1-7(5-11(18)14-12(19)6-13)23(20-8(2)15,21-9(3)16)22-10(4)17/h7H,5-6,13H2,1-4H3,(H,14,18,19). The first-order valence-electron chi connectivity index (χ1n) is 6.63. The molecule has 0 bridgehead atoms. The Balaban J connectivity index is 5.38. The van der Waals surface area contributed by atoms with E-state index in [-0.39, 0.29) is 13.0 Å². The summed E-state index contributed by atoms with van der Waals surface area (Å²) in [6.07, 6.45) is -0.383. The highest BCUT2D eigenvalue weighted by atomic mass is 28.4. The van der Waals surface area contributed by atoms with Crippen LogP contribution in [-0.4, -0.2) is 45.1 Å². The normalized spacial score (nSPS) is 11.9. The lowest BCUT2D eigenvalue weighted by atomic mass is 10.3. The van der Waals surface area contributed by atoms with Gasteiger partial charge in [-0.1, -0.05) is 6.92 Å². The summed E-state index contributed by atoms with van der Waals surface area (Å²) in [7, 11) is -4.16. The van der Waals surface area contributed by atoms with Crippen LogP contribution in [0.2, 0.25) is 5.54 Å². The first-order chi connectivity index (χ1) is 10.5. The molecule has 0 aliphatic carbocycles. The highest BCUT2D eigenvalue weighted by Gasteiger charge is 2.57. The summed E-state index contributed by atoms with van der Waals surface area (Å²) >= 11 is 0. The predicted octanol–water partition coefficient (Wildman–Crippen LogP) is -1.00. The summed E-state index contributed by atoms with van der Waals surface area (Å²) < 4.78 is 14.9. The molecule has 3 N–H and O–H groups in total. The van der Waals surface area contributed by atoms with Gasteiger partial charge in [-0.25, -0.2) is 0 Å². The number of nitrogens with one attached hydrogen (secondary N) is 1. The predicted molar refractivity (Wildman–Crippen MR) is 77.3 cm³/mol. The first kappa shape index (κ1) is 20.7. The van der Waals surface area contributed by atoms with E-state index in [2.05, 4.69) is 0 Å². The van der Waals surface area contributed by atoms with E-state index in [9.17, 15) is 24.0 Å². The van der Waals surface area contributed by atoms with Crippen LogP contribution in [0.3, 0.4) is 0 Å². The van der Waals surface area contributed by atoms with E-state index < -0.39 is 44.1 Å². The Morgan fingerprint density at radius 1 is 0.913 bits per heavy atom. The van der Waals surface area contributed by atoms with Crippen LogP contribution in [0.4, 0.5) is 0 Å². The summed E-state index contributed by atoms with van der Waals surface area (Å²) in [5, 5.41) is 1.99. The van der Waals surface area contributed by atoms with Crippen LogP contribution in [0.15, 0.2) is 0 Å². The van der Waals surface area contributed by atoms with Gasteiger partial charge in [0.05, 0.1) is 12.1 Å². The summed E-state index contributed by atoms with van der Waals surface area (Å²) in [6, 6.07) is 0. The van der Waals surface area contributed by atoms with Crippen molar-refractivity contribution in [1.29, 1.82) is 0 Å². The molecule has 1 unspecified atom stereocenters. The quantitative estimate of drug-likeness (QED) is 0.552. The van der Waals surface area contributed by atoms with Crippen LogP contribution >= 0.6 is 0 Å². The van der Waals surface area contributed by atoms with Crippen molar-refractivity contribution in [2.24, 2.45) is 5.73 Å². The molecule has 10 nitrogen and oxygen atoms in total. The maximum atomic E-state index is 11.7. The molecule has 0 spiro atoms. The van der Waals surface area contributed by atoms with Crippen molar-refractivity contribution in [3.8, 4) is 0 Å². The van der Waals surface area contributed by atoms with E-state index in [1.807, 2.05) is 5.32 Å². The second-order valence-electron chi connectivity index (χ2n) is 4.67. The maximum Gasteiger partial charge on any atom is 0.708 e. The SMILES string of the molecule is CC(=O)O[Si](OC(C)=O)(OC(C)=O)C(C)CC(=O)NC(=O)CN. The van der Waals surface area contributed by atoms with Crippen molar-refractivity contribution in [2.45, 2.75) is 39.7 Å². The van der Waals surface area contributed by atoms with E-state index in [0.717, 1.165) is 20.8 Å². The Morgan fingerprint density at radius 3 is 1.61 bits per heavy atom. The van der Waals surface area contributed by atoms with Crippen LogP contribution in [0.5, 0.6) is 0 Å². The lowest BCUT2D eigenvalue weighted by Crippen LogP contribution is -2.53. The molecule has 0 aromatic heterocycles. The van der Waals surface area contributed by atoms with Crippen LogP contribution < -0.4 is 11.1 Å². The zero-order valence-corrected chi connectivity index (χ0v) is 14.3. The lowest BCUT2D eigenvalue weighted by molar-refractivity contribution is -0.149. The minimum absolute atomic E-state index is 0.383. The number of rotatable bonds is 7. The fourth-order valence-corrected chi connectivity index (χ4v) is 3.99. The van der Waals surface area contributed by atoms with Crippen molar-refractivity contribution in [3.05, 3.63) is 0 Å². The van der Waals surface area contributed by atoms with Gasteiger partial charge in [-0.15, -0.1) is 0 Å². The average Bonchev–Trinajstić information content (AvgIpc) is 2.35. The summed E-state index contributed by atoms with van der Waals surface area (Å²) in [5.74, 6) is -3.98. The van der Waals surface area contributed by atoms with Crippen molar-refractivity contribution in [3.63, 3.8) is 0 Å². The zero-order chi connectivity index (χ0) is 18.2. The van der Waals surface area contributed by atoms with Crippen LogP contribution in [0, 0.1) is 0 Å². The van der Waals surface area contributed by atoms with E-state index >= 15 is 0 Å². The van der Waals surface area contributed by atoms with Gasteiger partial charge in [0.15, 0.2) is 0 Å². The fraction of sp³-hybridized carbons (Fsp3) is 0.583. The first-order valence-corrected chi connectivity index (χ1v) is 8.44. The maximum absolute atomic E-state index is 11.7. The molecule has 0 radical (unpaired) electrons. The smallest absolute Gasteiger partial charge is 0.455 e. The molecule has 0 fully saturated rings. The van der Waals surface area contributed by atoms with Crippen LogP contribution in [0.1, 0.15) is 34.1 Å². The number of hydrogen-bond donors (Lipinski definition) is 2. The number of carbonyl (C=O) groups excluding carboxylic acids is 5. The second kappa shape index (κ2) is 9.00. The summed E-state index contributed by atoms with van der Waals surface area (Å²) in [4.78, 5) is 56.7. The Labute approximate surface area is 134 Å². The van der Waals surface area contributed by atoms with Gasteiger partial charge in [-0.2, -0.15) is 0 Å². The van der Waals surface area contributed by atoms with Gasteiger partial charge in [-0.05, 0) is 0 Å². The number of nitrogens with two attached hydrogens (primary N) is 1. The molecule has 0 heterocycles. The van der Waals surface area contributed by atoms with E-state index in [0.29, 0.717) is 0 Å². The molecule has 11 heteroatoms. The molecule has 1 atom stereocenters. The van der Waals surface area contributed by atoms with E-state index in [1.54, 1.807) is 0 Å². The molecule has 0 aliphatic heterocycles. The molecule has 0 aromatic rings. The highest BCUT2D eigenvalue weighted by Crippen LogP contribution is 2.29. The summed E-state index contributed by atoms with van der Waals surface area (Å²) in [6.45, 7) is 4.13. The Kier molecular flexibility index (Phi) is 8.11. The Morgan fingerprint density at radius 2 is 1.30 bits per heavy atom. The number of carbonyl (C=O) groups is 5. The van der Waals surface area contributed by atoms with Crippen molar-refractivity contribution < 1.29 is 37.3 Å². The third-order valence-electron chi connectivity index (χ3n) is 2.42. The Bertz CT molecular complexity index is 466. The molecule has 0 aromatic carbocycles. The molecule has 0 rings (SSSR count). The monoisotopic (exact) mass is 348 g/mol. The molecule has 23 heavy (non-hydrogen) atoms. The van der Waals surface area contributed by atoms with Crippen molar-refractivity contribution in [1.82, 2.24) is 5.32 Å². The molecule has 0 saturated heterocycles. The Hall–Kier alpha value is -2.27. The fourth-order valence-electron chi connectivity index (χ4n) is 1.63. The van der Waals surface area contributed by atoms with Gasteiger partial charge >= 0.3 is 8.80 Å². The van der Waals surface area contributed by atoms with Gasteiger partial charge in [0.1, 0.15) is 0 Å². The van der Waals surface area contributed by atoms with Crippen molar-refractivity contribution in [2.75, 3.05) is 6.54 Å². The summed E-state index contributed by atoms with van der Waals surface area (Å²) in [5.41, 5.74) is 4.12. The molecule has 0 saturated carbocycles. The molecule has 2 amide bonds. The number of imide groups is 1. The number of hydrogen-bond acceptors (Lipinski definition) is 9. The number of amides is 2. The molecular formula is C12H20N2O8Si. The third kappa shape index (κ3) is 7.51. The second-order valence-corrected chi connectivity index (χ2v) is 7.47. The minimum atomic E-state index is -4.16. The highest BCUT2D eigenvalue weighted by molar-refractivity contribution is 6.67. The lowest BCUT2D eigenvalue weighted by Gasteiger charge is -2.30. The topological polar surface area (TPSA) is 151 Å². The van der Waals surface area contributed by atoms with Gasteiger partial charge in [0.25, 0.3) is 17.9 Å². The van der Waals surface area contributed by atoms with Gasteiger partial charge in [0.2, 0.25) is 11.8 Å². The minimum Gasteiger partial charge on any atom is -0.455 e. The van der Waals surface area contributed by atoms with Gasteiger partial charge in [-0.3, -0.25) is 29.3 Å². The average molecular weight is 348 g/mol. The third-order valence-corrected chi connectivity index (χ3v) is 5.54. The van der Waals surface area contributed by atoms with Crippen molar-refractivity contribution >= 4 is 38.5 Å². The molecule has 0 aliphatic rings. The van der Waals surface area contributed by atoms with E-state index in [4.69, 9.17) is 19.0 Å². The largest absolute Gasteiger partial charge is 0.708 e. The van der Waals surface area contributed by atoms with Crippen LogP contribution in [-0.2, 0) is 37.3 Å².